The summed E-state index contributed by atoms with van der Waals surface area (Å²) in [6.07, 6.45) is 5.82. The first-order valence-electron chi connectivity index (χ1n) is 10.1. The number of carbonyl (C=O) groups excluding carboxylic acids is 1. The van der Waals surface area contributed by atoms with E-state index in [2.05, 4.69) is 15.1 Å². The first kappa shape index (κ1) is 23.8. The van der Waals surface area contributed by atoms with Crippen LogP contribution in [0.1, 0.15) is 6.42 Å². The van der Waals surface area contributed by atoms with Crippen molar-refractivity contribution in [2.45, 2.75) is 23.9 Å². The van der Waals surface area contributed by atoms with Crippen LogP contribution < -0.4 is 14.8 Å². The molecule has 1 heterocycles. The van der Waals surface area contributed by atoms with E-state index < -0.39 is 22.0 Å². The zero-order valence-electron chi connectivity index (χ0n) is 17.7. The fourth-order valence-corrected chi connectivity index (χ4v) is 4.64. The predicted octanol–water partition coefficient (Wildman–Crippen LogP) is 3.00. The molecule has 0 aliphatic carbocycles. The van der Waals surface area contributed by atoms with Crippen LogP contribution in [0, 0.1) is 0 Å². The van der Waals surface area contributed by atoms with Gasteiger partial charge in [0.2, 0.25) is 15.9 Å². The Labute approximate surface area is 192 Å². The Hall–Kier alpha value is -2.82. The molecule has 1 amide bonds. The molecule has 10 heteroatoms. The maximum absolute atomic E-state index is 12.9. The molecular formula is C22H26N4O4S2. The molecule has 1 aromatic heterocycles. The van der Waals surface area contributed by atoms with Crippen LogP contribution in [-0.2, 0) is 21.4 Å². The average molecular weight is 475 g/mol. The lowest BCUT2D eigenvalue weighted by atomic mass is 10.2. The minimum absolute atomic E-state index is 0.120. The summed E-state index contributed by atoms with van der Waals surface area (Å²) in [6, 6.07) is 16.0. The lowest BCUT2D eigenvalue weighted by Gasteiger charge is -2.18. The molecule has 32 heavy (non-hydrogen) atoms. The summed E-state index contributed by atoms with van der Waals surface area (Å²) in [4.78, 5) is 13.0. The predicted molar refractivity (Wildman–Crippen MR) is 126 cm³/mol. The van der Waals surface area contributed by atoms with Crippen LogP contribution in [-0.4, -0.2) is 48.8 Å². The van der Waals surface area contributed by atoms with Gasteiger partial charge >= 0.3 is 0 Å². The Morgan fingerprint density at radius 2 is 1.97 bits per heavy atom. The second-order valence-corrected chi connectivity index (χ2v) is 9.60. The topological polar surface area (TPSA) is 102 Å². The van der Waals surface area contributed by atoms with Crippen molar-refractivity contribution in [2.24, 2.45) is 0 Å². The quantitative estimate of drug-likeness (QED) is 0.418. The number of aromatic nitrogens is 2. The van der Waals surface area contributed by atoms with Crippen molar-refractivity contribution in [1.82, 2.24) is 14.5 Å². The zero-order chi connectivity index (χ0) is 22.8. The van der Waals surface area contributed by atoms with E-state index in [4.69, 9.17) is 4.74 Å². The third-order valence-electron chi connectivity index (χ3n) is 4.53. The van der Waals surface area contributed by atoms with E-state index in [-0.39, 0.29) is 4.90 Å². The SMILES string of the molecule is CSCCC(NS(=O)(=O)c1ccccc1)C(=O)Nc1cccc(OCCn2cccn2)c1. The van der Waals surface area contributed by atoms with E-state index in [1.807, 2.05) is 18.5 Å². The molecule has 0 aliphatic rings. The molecule has 1 atom stereocenters. The smallest absolute Gasteiger partial charge is 0.242 e. The number of carbonyl (C=O) groups is 1. The van der Waals surface area contributed by atoms with Gasteiger partial charge in [-0.3, -0.25) is 9.48 Å². The van der Waals surface area contributed by atoms with Gasteiger partial charge in [0.25, 0.3) is 0 Å². The number of hydrogen-bond acceptors (Lipinski definition) is 6. The van der Waals surface area contributed by atoms with Gasteiger partial charge in [-0.2, -0.15) is 21.6 Å². The fraction of sp³-hybridized carbons (Fsp3) is 0.273. The van der Waals surface area contributed by atoms with E-state index in [0.717, 1.165) is 0 Å². The van der Waals surface area contributed by atoms with E-state index in [0.29, 0.717) is 36.8 Å². The largest absolute Gasteiger partial charge is 0.492 e. The average Bonchev–Trinajstić information content (AvgIpc) is 3.31. The van der Waals surface area contributed by atoms with E-state index in [1.54, 1.807) is 65.1 Å². The van der Waals surface area contributed by atoms with Crippen molar-refractivity contribution in [2.75, 3.05) is 23.9 Å². The minimum atomic E-state index is -3.82. The van der Waals surface area contributed by atoms with Crippen molar-refractivity contribution < 1.29 is 17.9 Å². The minimum Gasteiger partial charge on any atom is -0.492 e. The number of anilines is 1. The van der Waals surface area contributed by atoms with Gasteiger partial charge in [0.1, 0.15) is 18.4 Å². The van der Waals surface area contributed by atoms with Crippen LogP contribution in [0.25, 0.3) is 0 Å². The van der Waals surface area contributed by atoms with Crippen molar-refractivity contribution in [3.63, 3.8) is 0 Å². The lowest BCUT2D eigenvalue weighted by Crippen LogP contribution is -2.44. The molecule has 3 aromatic rings. The van der Waals surface area contributed by atoms with Gasteiger partial charge in [-0.15, -0.1) is 0 Å². The third-order valence-corrected chi connectivity index (χ3v) is 6.66. The van der Waals surface area contributed by atoms with Gasteiger partial charge in [-0.25, -0.2) is 8.42 Å². The number of nitrogens with one attached hydrogen (secondary N) is 2. The number of amides is 1. The number of nitrogens with zero attached hydrogens (tertiary/aromatic N) is 2. The molecular weight excluding hydrogens is 448 g/mol. The molecule has 170 valence electrons. The lowest BCUT2D eigenvalue weighted by molar-refractivity contribution is -0.117. The highest BCUT2D eigenvalue weighted by molar-refractivity contribution is 7.98. The van der Waals surface area contributed by atoms with Crippen molar-refractivity contribution in [1.29, 1.82) is 0 Å². The Balaban J connectivity index is 1.64. The van der Waals surface area contributed by atoms with Crippen molar-refractivity contribution >= 4 is 33.4 Å². The number of hydrogen-bond donors (Lipinski definition) is 2. The normalized spacial score (nSPS) is 12.3. The third kappa shape index (κ3) is 7.11. The van der Waals surface area contributed by atoms with Gasteiger partial charge in [0, 0.05) is 24.1 Å². The molecule has 0 bridgehead atoms. The van der Waals surface area contributed by atoms with Crippen LogP contribution in [0.15, 0.2) is 78.0 Å². The molecule has 0 saturated heterocycles. The maximum Gasteiger partial charge on any atom is 0.242 e. The van der Waals surface area contributed by atoms with Crippen LogP contribution in [0.4, 0.5) is 5.69 Å². The van der Waals surface area contributed by atoms with E-state index in [9.17, 15) is 13.2 Å². The second-order valence-electron chi connectivity index (χ2n) is 6.90. The van der Waals surface area contributed by atoms with Gasteiger partial charge in [-0.05, 0) is 48.8 Å². The molecule has 3 rings (SSSR count). The van der Waals surface area contributed by atoms with Crippen LogP contribution in [0.3, 0.4) is 0 Å². The van der Waals surface area contributed by atoms with Crippen molar-refractivity contribution in [3.8, 4) is 5.75 Å². The number of thioether (sulfide) groups is 1. The number of benzene rings is 2. The molecule has 0 spiro atoms. The Morgan fingerprint density at radius 3 is 2.69 bits per heavy atom. The highest BCUT2D eigenvalue weighted by atomic mass is 32.2. The summed E-state index contributed by atoms with van der Waals surface area (Å²) >= 11 is 1.54. The Kier molecular flexibility index (Phi) is 8.72. The van der Waals surface area contributed by atoms with Crippen LogP contribution in [0.5, 0.6) is 5.75 Å². The summed E-state index contributed by atoms with van der Waals surface area (Å²) in [5.41, 5.74) is 0.527. The molecule has 0 radical (unpaired) electrons. The molecule has 0 fully saturated rings. The summed E-state index contributed by atoms with van der Waals surface area (Å²) in [5.74, 6) is 0.805. The summed E-state index contributed by atoms with van der Waals surface area (Å²) < 4.78 is 35.5. The standard InChI is InChI=1S/C22H26N4O4S2/c1-31-16-11-21(25-32(28,29)20-9-3-2-4-10-20)22(27)24-18-7-5-8-19(17-18)30-15-14-26-13-6-12-23-26/h2-10,12-13,17,21,25H,11,14-16H2,1H3,(H,24,27). The van der Waals surface area contributed by atoms with Crippen molar-refractivity contribution in [3.05, 3.63) is 73.1 Å². The van der Waals surface area contributed by atoms with E-state index >= 15 is 0 Å². The number of sulfonamides is 1. The monoisotopic (exact) mass is 474 g/mol. The fourth-order valence-electron chi connectivity index (χ4n) is 2.92. The van der Waals surface area contributed by atoms with E-state index in [1.165, 1.54) is 12.1 Å². The number of ether oxygens (including phenoxy) is 1. The Bertz CT molecular complexity index is 1090. The first-order valence-corrected chi connectivity index (χ1v) is 12.9. The van der Waals surface area contributed by atoms with Crippen LogP contribution >= 0.6 is 11.8 Å². The molecule has 0 saturated carbocycles. The molecule has 1 unspecified atom stereocenters. The Morgan fingerprint density at radius 1 is 1.16 bits per heavy atom. The zero-order valence-corrected chi connectivity index (χ0v) is 19.3. The van der Waals surface area contributed by atoms with Gasteiger partial charge in [-0.1, -0.05) is 24.3 Å². The van der Waals surface area contributed by atoms with Gasteiger partial charge in [0.05, 0.1) is 11.4 Å². The number of rotatable bonds is 12. The molecule has 2 N–H and O–H groups in total. The first-order chi connectivity index (χ1) is 15.5. The second kappa shape index (κ2) is 11.7. The highest BCUT2D eigenvalue weighted by Crippen LogP contribution is 2.18. The summed E-state index contributed by atoms with van der Waals surface area (Å²) in [5, 5.41) is 6.92. The summed E-state index contributed by atoms with van der Waals surface area (Å²) in [6.45, 7) is 1.02. The summed E-state index contributed by atoms with van der Waals surface area (Å²) in [7, 11) is -3.82. The van der Waals surface area contributed by atoms with Crippen LogP contribution in [0.2, 0.25) is 0 Å². The van der Waals surface area contributed by atoms with Gasteiger partial charge < -0.3 is 10.1 Å². The molecule has 0 aliphatic heterocycles. The molecule has 2 aromatic carbocycles. The molecule has 8 nitrogen and oxygen atoms in total. The van der Waals surface area contributed by atoms with Gasteiger partial charge in [0.15, 0.2) is 0 Å². The highest BCUT2D eigenvalue weighted by Gasteiger charge is 2.25. The maximum atomic E-state index is 12.9.